The number of alkyl halides is 3. The van der Waals surface area contributed by atoms with Crippen LogP contribution >= 0.6 is 0 Å². The Labute approximate surface area is 160 Å². The van der Waals surface area contributed by atoms with Crippen molar-refractivity contribution in [2.24, 2.45) is 5.92 Å². The number of halogens is 3. The molecule has 0 aliphatic carbocycles. The number of aromatic amines is 1. The highest BCUT2D eigenvalue weighted by Crippen LogP contribution is 2.30. The molecular weight excluding hydrogens is 367 g/mol. The van der Waals surface area contributed by atoms with Gasteiger partial charge >= 0.3 is 6.18 Å². The normalized spacial score (nSPS) is 18.5. The molecule has 7 heteroatoms. The fourth-order valence-electron chi connectivity index (χ4n) is 3.76. The van der Waals surface area contributed by atoms with Gasteiger partial charge in [-0.3, -0.25) is 9.69 Å². The van der Waals surface area contributed by atoms with Crippen LogP contribution in [0.25, 0.3) is 11.0 Å². The Bertz CT molecular complexity index is 945. The van der Waals surface area contributed by atoms with Crippen molar-refractivity contribution in [2.45, 2.75) is 25.6 Å². The van der Waals surface area contributed by atoms with Crippen molar-refractivity contribution in [2.75, 3.05) is 13.1 Å². The highest BCUT2D eigenvalue weighted by Gasteiger charge is 2.31. The molecule has 1 atom stereocenters. The number of nitrogens with one attached hydrogen (secondary N) is 1. The smallest absolute Gasteiger partial charge is 0.341 e. The van der Waals surface area contributed by atoms with Crippen molar-refractivity contribution >= 4 is 16.8 Å². The Kier molecular flexibility index (Phi) is 4.93. The number of likely N-dealkylation sites (tertiary alicyclic amines) is 1. The number of para-hydroxylation sites is 2. The summed E-state index contributed by atoms with van der Waals surface area (Å²) in [6.07, 6.45) is -2.77. The fourth-order valence-corrected chi connectivity index (χ4v) is 3.76. The van der Waals surface area contributed by atoms with Gasteiger partial charge in [0, 0.05) is 18.0 Å². The molecule has 1 N–H and O–H groups in total. The highest BCUT2D eigenvalue weighted by molar-refractivity contribution is 5.98. The van der Waals surface area contributed by atoms with E-state index >= 15 is 0 Å². The molecule has 4 nitrogen and oxygen atoms in total. The molecule has 2 heterocycles. The Morgan fingerprint density at radius 2 is 1.89 bits per heavy atom. The Hall–Kier alpha value is -2.67. The number of carbonyl (C=O) groups is 1. The molecule has 1 aliphatic rings. The molecule has 3 aromatic rings. The first-order valence-electron chi connectivity index (χ1n) is 9.27. The van der Waals surface area contributed by atoms with Gasteiger partial charge in [0.15, 0.2) is 5.78 Å². The predicted octanol–water partition coefficient (Wildman–Crippen LogP) is 4.68. The maximum atomic E-state index is 12.8. The summed E-state index contributed by atoms with van der Waals surface area (Å²) in [4.78, 5) is 22.8. The van der Waals surface area contributed by atoms with Crippen LogP contribution in [0, 0.1) is 5.92 Å². The van der Waals surface area contributed by atoms with E-state index in [9.17, 15) is 18.0 Å². The van der Waals surface area contributed by atoms with Crippen molar-refractivity contribution in [3.05, 3.63) is 65.5 Å². The van der Waals surface area contributed by atoms with E-state index in [0.29, 0.717) is 18.7 Å². The van der Waals surface area contributed by atoms with Crippen LogP contribution in [0.2, 0.25) is 0 Å². The van der Waals surface area contributed by atoms with E-state index in [1.807, 2.05) is 24.3 Å². The molecule has 0 bridgehead atoms. The Morgan fingerprint density at radius 3 is 2.61 bits per heavy atom. The summed E-state index contributed by atoms with van der Waals surface area (Å²) in [7, 11) is 0. The summed E-state index contributed by atoms with van der Waals surface area (Å²) < 4.78 is 38.1. The zero-order valence-electron chi connectivity index (χ0n) is 15.2. The summed E-state index contributed by atoms with van der Waals surface area (Å²) in [5, 5.41) is 0. The molecular formula is C21H20F3N3O. The van der Waals surface area contributed by atoms with Crippen LogP contribution in [-0.2, 0) is 12.7 Å². The largest absolute Gasteiger partial charge is 0.416 e. The molecule has 1 fully saturated rings. The molecule has 2 aromatic carbocycles. The zero-order chi connectivity index (χ0) is 19.7. The monoisotopic (exact) mass is 387 g/mol. The molecule has 1 aliphatic heterocycles. The van der Waals surface area contributed by atoms with Gasteiger partial charge in [-0.2, -0.15) is 13.2 Å². The van der Waals surface area contributed by atoms with Crippen molar-refractivity contribution < 1.29 is 18.0 Å². The van der Waals surface area contributed by atoms with Crippen molar-refractivity contribution in [1.29, 1.82) is 0 Å². The zero-order valence-corrected chi connectivity index (χ0v) is 15.2. The van der Waals surface area contributed by atoms with E-state index in [-0.39, 0.29) is 11.7 Å². The topological polar surface area (TPSA) is 49.0 Å². The molecule has 0 unspecified atom stereocenters. The van der Waals surface area contributed by atoms with Gasteiger partial charge in [0.2, 0.25) is 0 Å². The number of piperidine rings is 1. The number of benzene rings is 2. The van der Waals surface area contributed by atoms with Gasteiger partial charge in [-0.15, -0.1) is 0 Å². The number of imidazole rings is 1. The summed E-state index contributed by atoms with van der Waals surface area (Å²) in [6.45, 7) is 2.07. The lowest BCUT2D eigenvalue weighted by Gasteiger charge is -2.31. The lowest BCUT2D eigenvalue weighted by Crippen LogP contribution is -2.38. The lowest BCUT2D eigenvalue weighted by atomic mass is 9.89. The Balaban J connectivity index is 1.43. The third-order valence-corrected chi connectivity index (χ3v) is 5.18. The standard InChI is InChI=1S/C21H20F3N3O/c22-21(23,24)16-9-7-14(8-10-16)20(28)15-4-3-11-27(12-15)13-19-25-17-5-1-2-6-18(17)26-19/h1-2,5-10,15H,3-4,11-13H2,(H,25,26)/t15-/m1/s1. The average molecular weight is 387 g/mol. The molecule has 4 rings (SSSR count). The SMILES string of the molecule is O=C(c1ccc(C(F)(F)F)cc1)[C@@H]1CCCN(Cc2nc3ccccc3[nH]2)C1. The molecule has 0 amide bonds. The van der Waals surface area contributed by atoms with E-state index in [2.05, 4.69) is 14.9 Å². The minimum Gasteiger partial charge on any atom is -0.341 e. The number of rotatable bonds is 4. The number of aromatic nitrogens is 2. The van der Waals surface area contributed by atoms with Gasteiger partial charge in [0.25, 0.3) is 0 Å². The summed E-state index contributed by atoms with van der Waals surface area (Å²) in [6, 6.07) is 12.3. The quantitative estimate of drug-likeness (QED) is 0.662. The first-order chi connectivity index (χ1) is 13.4. The van der Waals surface area contributed by atoms with Gasteiger partial charge < -0.3 is 4.98 Å². The molecule has 1 aromatic heterocycles. The molecule has 1 saturated heterocycles. The molecule has 146 valence electrons. The van der Waals surface area contributed by atoms with E-state index in [1.54, 1.807) is 0 Å². The van der Waals surface area contributed by atoms with E-state index in [4.69, 9.17) is 0 Å². The minimum absolute atomic E-state index is 0.0944. The first kappa shape index (κ1) is 18.7. The summed E-state index contributed by atoms with van der Waals surface area (Å²) in [5.41, 5.74) is 1.49. The molecule has 28 heavy (non-hydrogen) atoms. The van der Waals surface area contributed by atoms with Gasteiger partial charge in [-0.25, -0.2) is 4.98 Å². The van der Waals surface area contributed by atoms with Crippen LogP contribution < -0.4 is 0 Å². The third kappa shape index (κ3) is 3.94. The maximum absolute atomic E-state index is 12.8. The van der Waals surface area contributed by atoms with Crippen LogP contribution in [0.15, 0.2) is 48.5 Å². The van der Waals surface area contributed by atoms with Crippen LogP contribution in [-0.4, -0.2) is 33.7 Å². The van der Waals surface area contributed by atoms with E-state index in [0.717, 1.165) is 48.4 Å². The van der Waals surface area contributed by atoms with E-state index < -0.39 is 11.7 Å². The molecule has 0 spiro atoms. The van der Waals surface area contributed by atoms with Crippen LogP contribution in [0.4, 0.5) is 13.2 Å². The number of hydrogen-bond acceptors (Lipinski definition) is 3. The van der Waals surface area contributed by atoms with Crippen molar-refractivity contribution in [1.82, 2.24) is 14.9 Å². The van der Waals surface area contributed by atoms with Crippen LogP contribution in [0.5, 0.6) is 0 Å². The summed E-state index contributed by atoms with van der Waals surface area (Å²) in [5.74, 6) is 0.543. The van der Waals surface area contributed by atoms with Gasteiger partial charge in [0.05, 0.1) is 23.1 Å². The number of fused-ring (bicyclic) bond motifs is 1. The molecule has 0 saturated carbocycles. The van der Waals surface area contributed by atoms with Gasteiger partial charge in [-0.1, -0.05) is 24.3 Å². The second-order valence-corrected chi connectivity index (χ2v) is 7.21. The minimum atomic E-state index is -4.39. The maximum Gasteiger partial charge on any atom is 0.416 e. The van der Waals surface area contributed by atoms with Crippen LogP contribution in [0.1, 0.15) is 34.6 Å². The fraction of sp³-hybridized carbons (Fsp3) is 0.333. The van der Waals surface area contributed by atoms with Crippen molar-refractivity contribution in [3.8, 4) is 0 Å². The predicted molar refractivity (Wildman–Crippen MR) is 99.9 cm³/mol. The van der Waals surface area contributed by atoms with Gasteiger partial charge in [0.1, 0.15) is 5.82 Å². The lowest BCUT2D eigenvalue weighted by molar-refractivity contribution is -0.137. The summed E-state index contributed by atoms with van der Waals surface area (Å²) >= 11 is 0. The van der Waals surface area contributed by atoms with Crippen LogP contribution in [0.3, 0.4) is 0 Å². The number of Topliss-reactive ketones (excluding diaryl/α,β-unsaturated/α-hetero) is 1. The third-order valence-electron chi connectivity index (χ3n) is 5.18. The second-order valence-electron chi connectivity index (χ2n) is 7.21. The first-order valence-corrected chi connectivity index (χ1v) is 9.27. The Morgan fingerprint density at radius 1 is 1.14 bits per heavy atom. The number of hydrogen-bond donors (Lipinski definition) is 1. The molecule has 0 radical (unpaired) electrons. The number of H-pyrrole nitrogens is 1. The average Bonchev–Trinajstić information content (AvgIpc) is 3.09. The van der Waals surface area contributed by atoms with E-state index in [1.165, 1.54) is 12.1 Å². The highest BCUT2D eigenvalue weighted by atomic mass is 19.4. The number of carbonyl (C=O) groups excluding carboxylic acids is 1. The van der Waals surface area contributed by atoms with Gasteiger partial charge in [-0.05, 0) is 43.7 Å². The van der Waals surface area contributed by atoms with Crippen molar-refractivity contribution in [3.63, 3.8) is 0 Å². The number of nitrogens with zero attached hydrogens (tertiary/aromatic N) is 2. The second kappa shape index (κ2) is 7.39. The number of ketones is 1.